The van der Waals surface area contributed by atoms with Gasteiger partial charge in [0.05, 0.1) is 6.04 Å². The molecule has 2 aliphatic heterocycles. The average molecular weight is 322 g/mol. The Hall–Kier alpha value is -2.49. The Labute approximate surface area is 142 Å². The third kappa shape index (κ3) is 2.62. The lowest BCUT2D eigenvalue weighted by atomic mass is 9.90. The molecule has 124 valence electrons. The first-order valence-electron chi connectivity index (χ1n) is 8.56. The Morgan fingerprint density at radius 1 is 1.17 bits per heavy atom. The van der Waals surface area contributed by atoms with Gasteiger partial charge in [-0.15, -0.1) is 0 Å². The summed E-state index contributed by atoms with van der Waals surface area (Å²) in [6, 6.07) is 18.4. The maximum atomic E-state index is 12.6. The van der Waals surface area contributed by atoms with Crippen LogP contribution in [0.5, 0.6) is 5.75 Å². The molecule has 1 fully saturated rings. The van der Waals surface area contributed by atoms with E-state index in [9.17, 15) is 4.79 Å². The number of hydrogen-bond donors (Lipinski definition) is 1. The first-order valence-corrected chi connectivity index (χ1v) is 8.56. The molecule has 0 spiro atoms. The van der Waals surface area contributed by atoms with Gasteiger partial charge in [0.2, 0.25) is 0 Å². The molecule has 1 N–H and O–H groups in total. The summed E-state index contributed by atoms with van der Waals surface area (Å²) in [4.78, 5) is 14.4. The van der Waals surface area contributed by atoms with Crippen molar-refractivity contribution < 1.29 is 9.53 Å². The monoisotopic (exact) mass is 322 g/mol. The largest absolute Gasteiger partial charge is 0.468 e. The Balaban J connectivity index is 1.49. The van der Waals surface area contributed by atoms with E-state index in [0.717, 1.165) is 30.6 Å². The highest BCUT2D eigenvalue weighted by atomic mass is 16.5. The molecule has 4 heteroatoms. The van der Waals surface area contributed by atoms with Gasteiger partial charge in [-0.1, -0.05) is 48.5 Å². The molecular formula is C20H22N2O2. The van der Waals surface area contributed by atoms with Crippen LogP contribution >= 0.6 is 0 Å². The molecule has 2 unspecified atom stereocenters. The lowest BCUT2D eigenvalue weighted by molar-refractivity contribution is -0.0840. The number of nitrogens with one attached hydrogen (secondary N) is 1. The fourth-order valence-corrected chi connectivity index (χ4v) is 3.79. The summed E-state index contributed by atoms with van der Waals surface area (Å²) in [5.74, 6) is 0.879. The van der Waals surface area contributed by atoms with E-state index in [1.807, 2.05) is 42.2 Å². The molecule has 0 aliphatic carbocycles. The molecule has 4 nitrogen and oxygen atoms in total. The summed E-state index contributed by atoms with van der Waals surface area (Å²) >= 11 is 0. The van der Waals surface area contributed by atoms with E-state index in [1.165, 1.54) is 5.56 Å². The molecule has 1 saturated heterocycles. The predicted molar refractivity (Wildman–Crippen MR) is 92.8 cm³/mol. The van der Waals surface area contributed by atoms with E-state index in [1.54, 1.807) is 0 Å². The van der Waals surface area contributed by atoms with Gasteiger partial charge in [0.25, 0.3) is 0 Å². The minimum Gasteiger partial charge on any atom is -0.468 e. The molecule has 24 heavy (non-hydrogen) atoms. The number of urea groups is 1. The molecule has 0 saturated carbocycles. The number of carbonyl (C=O) groups excluding carboxylic acids is 1. The van der Waals surface area contributed by atoms with Crippen LogP contribution in [-0.4, -0.2) is 23.2 Å². The summed E-state index contributed by atoms with van der Waals surface area (Å²) < 4.78 is 6.24. The molecule has 0 radical (unpaired) electrons. The van der Waals surface area contributed by atoms with E-state index in [4.69, 9.17) is 4.74 Å². The Kier molecular flexibility index (Phi) is 3.68. The van der Waals surface area contributed by atoms with Crippen molar-refractivity contribution in [2.24, 2.45) is 0 Å². The molecule has 2 aromatic carbocycles. The number of aryl methyl sites for hydroxylation is 1. The first kappa shape index (κ1) is 15.1. The number of fused-ring (bicyclic) bond motifs is 4. The summed E-state index contributed by atoms with van der Waals surface area (Å²) in [6.07, 6.45) is 2.66. The van der Waals surface area contributed by atoms with Crippen LogP contribution in [0.2, 0.25) is 0 Å². The van der Waals surface area contributed by atoms with Crippen LogP contribution in [0.3, 0.4) is 0 Å². The minimum absolute atomic E-state index is 0.0312. The van der Waals surface area contributed by atoms with Gasteiger partial charge in [-0.2, -0.15) is 0 Å². The van der Waals surface area contributed by atoms with Crippen molar-refractivity contribution in [3.05, 3.63) is 65.7 Å². The van der Waals surface area contributed by atoms with Crippen molar-refractivity contribution in [1.82, 2.24) is 10.2 Å². The second kappa shape index (κ2) is 5.86. The lowest BCUT2D eigenvalue weighted by Crippen LogP contribution is -2.64. The quantitative estimate of drug-likeness (QED) is 0.928. The standard InChI is InChI=1S/C20H22N2O2/c1-20-14-17(16-11-5-6-12-18(16)24-20)21-19(23)22(20)13-7-10-15-8-3-2-4-9-15/h2-6,8-9,11-12,17H,7,10,13-14H2,1H3,(H,21,23). The summed E-state index contributed by atoms with van der Waals surface area (Å²) in [5.41, 5.74) is 1.80. The minimum atomic E-state index is -0.571. The van der Waals surface area contributed by atoms with Gasteiger partial charge in [0.1, 0.15) is 5.75 Å². The van der Waals surface area contributed by atoms with Gasteiger partial charge in [-0.05, 0) is 31.4 Å². The van der Waals surface area contributed by atoms with Gasteiger partial charge in [-0.3, -0.25) is 4.90 Å². The maximum absolute atomic E-state index is 12.6. The van der Waals surface area contributed by atoms with Gasteiger partial charge in [0.15, 0.2) is 5.72 Å². The molecule has 2 aromatic rings. The van der Waals surface area contributed by atoms with Crippen molar-refractivity contribution in [2.45, 2.75) is 38.0 Å². The van der Waals surface area contributed by atoms with Gasteiger partial charge in [0, 0.05) is 18.5 Å². The Morgan fingerprint density at radius 2 is 1.92 bits per heavy atom. The summed E-state index contributed by atoms with van der Waals surface area (Å²) in [5, 5.41) is 3.13. The van der Waals surface area contributed by atoms with Crippen molar-refractivity contribution in [1.29, 1.82) is 0 Å². The summed E-state index contributed by atoms with van der Waals surface area (Å²) in [7, 11) is 0. The number of hydrogen-bond acceptors (Lipinski definition) is 2. The highest BCUT2D eigenvalue weighted by Crippen LogP contribution is 2.43. The Morgan fingerprint density at radius 3 is 2.75 bits per heavy atom. The van der Waals surface area contributed by atoms with E-state index in [2.05, 4.69) is 29.6 Å². The zero-order valence-corrected chi connectivity index (χ0v) is 13.9. The molecule has 2 amide bonds. The molecule has 2 aliphatic rings. The number of ether oxygens (including phenoxy) is 1. The fourth-order valence-electron chi connectivity index (χ4n) is 3.79. The predicted octanol–water partition coefficient (Wildman–Crippen LogP) is 3.88. The van der Waals surface area contributed by atoms with Crippen LogP contribution in [0.4, 0.5) is 4.79 Å². The highest BCUT2D eigenvalue weighted by molar-refractivity contribution is 5.77. The third-order valence-electron chi connectivity index (χ3n) is 5.01. The van der Waals surface area contributed by atoms with Crippen molar-refractivity contribution in [3.63, 3.8) is 0 Å². The van der Waals surface area contributed by atoms with E-state index in [0.29, 0.717) is 6.54 Å². The van der Waals surface area contributed by atoms with Gasteiger partial charge >= 0.3 is 6.03 Å². The van der Waals surface area contributed by atoms with Crippen LogP contribution in [-0.2, 0) is 6.42 Å². The van der Waals surface area contributed by atoms with Crippen LogP contribution in [0.1, 0.15) is 36.9 Å². The van der Waals surface area contributed by atoms with E-state index < -0.39 is 5.72 Å². The van der Waals surface area contributed by atoms with Gasteiger partial charge < -0.3 is 10.1 Å². The van der Waals surface area contributed by atoms with Crippen molar-refractivity contribution in [3.8, 4) is 5.75 Å². The normalized spacial score (nSPS) is 24.8. The SMILES string of the molecule is CC12CC(NC(=O)N1CCCc1ccccc1)c1ccccc1O2. The van der Waals surface area contributed by atoms with E-state index >= 15 is 0 Å². The maximum Gasteiger partial charge on any atom is 0.320 e. The molecule has 4 rings (SSSR count). The number of amides is 2. The third-order valence-corrected chi connectivity index (χ3v) is 5.01. The van der Waals surface area contributed by atoms with Crippen LogP contribution in [0.25, 0.3) is 0 Å². The second-order valence-electron chi connectivity index (χ2n) is 6.76. The smallest absolute Gasteiger partial charge is 0.320 e. The van der Waals surface area contributed by atoms with Crippen LogP contribution in [0, 0.1) is 0 Å². The number of benzene rings is 2. The zero-order valence-electron chi connectivity index (χ0n) is 13.9. The van der Waals surface area contributed by atoms with Crippen molar-refractivity contribution in [2.75, 3.05) is 6.54 Å². The number of nitrogens with zero attached hydrogens (tertiary/aromatic N) is 1. The van der Waals surface area contributed by atoms with Crippen LogP contribution in [0.15, 0.2) is 54.6 Å². The molecule has 2 bridgehead atoms. The Bertz CT molecular complexity index is 746. The van der Waals surface area contributed by atoms with Gasteiger partial charge in [-0.25, -0.2) is 4.79 Å². The lowest BCUT2D eigenvalue weighted by Gasteiger charge is -2.50. The topological polar surface area (TPSA) is 41.6 Å². The molecule has 0 aromatic heterocycles. The number of carbonyl (C=O) groups is 1. The molecular weight excluding hydrogens is 300 g/mol. The number of para-hydroxylation sites is 1. The average Bonchev–Trinajstić information content (AvgIpc) is 2.58. The second-order valence-corrected chi connectivity index (χ2v) is 6.76. The highest BCUT2D eigenvalue weighted by Gasteiger charge is 2.48. The van der Waals surface area contributed by atoms with E-state index in [-0.39, 0.29) is 12.1 Å². The van der Waals surface area contributed by atoms with Crippen molar-refractivity contribution >= 4 is 6.03 Å². The molecule has 2 heterocycles. The number of rotatable bonds is 4. The van der Waals surface area contributed by atoms with Crippen LogP contribution < -0.4 is 10.1 Å². The fraction of sp³-hybridized carbons (Fsp3) is 0.350. The zero-order chi connectivity index (χ0) is 16.6. The molecule has 2 atom stereocenters. The first-order chi connectivity index (χ1) is 11.7. The summed E-state index contributed by atoms with van der Waals surface area (Å²) in [6.45, 7) is 2.71.